The van der Waals surface area contributed by atoms with Gasteiger partial charge in [-0.25, -0.2) is 0 Å². The highest BCUT2D eigenvalue weighted by atomic mass is 16.5. The van der Waals surface area contributed by atoms with Crippen molar-refractivity contribution in [1.29, 1.82) is 0 Å². The minimum atomic E-state index is -0.372. The average Bonchev–Trinajstić information content (AvgIpc) is 2.91. The highest BCUT2D eigenvalue weighted by Crippen LogP contribution is 2.13. The summed E-state index contributed by atoms with van der Waals surface area (Å²) in [6, 6.07) is 5.39. The summed E-state index contributed by atoms with van der Waals surface area (Å²) < 4.78 is 7.57. The number of nitrogens with zero attached hydrogens (tertiary/aromatic N) is 3. The van der Waals surface area contributed by atoms with Crippen LogP contribution in [0.3, 0.4) is 0 Å². The van der Waals surface area contributed by atoms with Crippen LogP contribution in [-0.2, 0) is 17.8 Å². The first-order valence-corrected chi connectivity index (χ1v) is 9.71. The third-order valence-electron chi connectivity index (χ3n) is 4.82. The molecule has 1 saturated heterocycles. The number of amides is 1. The van der Waals surface area contributed by atoms with Gasteiger partial charge >= 0.3 is 0 Å². The molecule has 2 N–H and O–H groups in total. The van der Waals surface area contributed by atoms with E-state index in [0.29, 0.717) is 19.6 Å². The summed E-state index contributed by atoms with van der Waals surface area (Å²) in [7, 11) is 0. The van der Waals surface area contributed by atoms with E-state index in [2.05, 4.69) is 20.3 Å². The number of morpholine rings is 1. The second-order valence-electron chi connectivity index (χ2n) is 7.58. The number of ether oxygens (including phenoxy) is 1. The molecule has 0 saturated carbocycles. The van der Waals surface area contributed by atoms with Crippen molar-refractivity contribution < 1.29 is 9.53 Å². The highest BCUT2D eigenvalue weighted by Gasteiger charge is 2.22. The maximum atomic E-state index is 12.4. The van der Waals surface area contributed by atoms with Gasteiger partial charge in [0.05, 0.1) is 24.4 Å². The number of aryl methyl sites for hydroxylation is 2. The SMILES string of the molecule is Cc1cc(C)n(CCNC(=O)c2ccc(CN3C[C@@H](C)O[C@@H](C)C3)[nH]c2=O)n1. The Bertz CT molecular complexity index is 878. The van der Waals surface area contributed by atoms with Crippen LogP contribution in [0.25, 0.3) is 0 Å². The quantitative estimate of drug-likeness (QED) is 0.778. The molecule has 1 aliphatic heterocycles. The molecule has 0 bridgehead atoms. The van der Waals surface area contributed by atoms with Gasteiger partial charge in [0.15, 0.2) is 0 Å². The predicted molar refractivity (Wildman–Crippen MR) is 106 cm³/mol. The van der Waals surface area contributed by atoms with Crippen LogP contribution in [0.2, 0.25) is 0 Å². The maximum Gasteiger partial charge on any atom is 0.261 e. The molecule has 0 unspecified atom stereocenters. The van der Waals surface area contributed by atoms with Crippen LogP contribution in [0.5, 0.6) is 0 Å². The molecule has 0 spiro atoms. The molecule has 0 aliphatic carbocycles. The Labute approximate surface area is 164 Å². The van der Waals surface area contributed by atoms with Gasteiger partial charge in [-0.05, 0) is 45.9 Å². The summed E-state index contributed by atoms with van der Waals surface area (Å²) in [6.07, 6.45) is 0.338. The molecule has 0 aromatic carbocycles. The molecule has 28 heavy (non-hydrogen) atoms. The van der Waals surface area contributed by atoms with E-state index in [0.717, 1.165) is 30.2 Å². The molecule has 152 valence electrons. The lowest BCUT2D eigenvalue weighted by atomic mass is 10.2. The molecule has 2 aromatic heterocycles. The van der Waals surface area contributed by atoms with Crippen LogP contribution in [0.4, 0.5) is 0 Å². The molecule has 2 aromatic rings. The van der Waals surface area contributed by atoms with E-state index in [4.69, 9.17) is 4.74 Å². The van der Waals surface area contributed by atoms with E-state index in [1.54, 1.807) is 6.07 Å². The van der Waals surface area contributed by atoms with Gasteiger partial charge in [0, 0.05) is 37.6 Å². The third kappa shape index (κ3) is 5.08. The molecule has 1 aliphatic rings. The molecule has 3 heterocycles. The molecule has 8 nitrogen and oxygen atoms in total. The molecule has 1 amide bonds. The first kappa shape index (κ1) is 20.3. The Morgan fingerprint density at radius 2 is 2.00 bits per heavy atom. The Kier molecular flexibility index (Phi) is 6.31. The zero-order chi connectivity index (χ0) is 20.3. The van der Waals surface area contributed by atoms with E-state index < -0.39 is 0 Å². The number of carbonyl (C=O) groups excluding carboxylic acids is 1. The van der Waals surface area contributed by atoms with Crippen molar-refractivity contribution in [3.8, 4) is 0 Å². The molecular weight excluding hydrogens is 358 g/mol. The summed E-state index contributed by atoms with van der Waals surface area (Å²) in [6.45, 7) is 11.2. The van der Waals surface area contributed by atoms with Crippen LogP contribution in [0.1, 0.15) is 41.3 Å². The van der Waals surface area contributed by atoms with E-state index in [1.807, 2.05) is 44.5 Å². The van der Waals surface area contributed by atoms with Crippen molar-refractivity contribution >= 4 is 5.91 Å². The zero-order valence-corrected chi connectivity index (χ0v) is 17.0. The highest BCUT2D eigenvalue weighted by molar-refractivity contribution is 5.93. The second-order valence-corrected chi connectivity index (χ2v) is 7.58. The van der Waals surface area contributed by atoms with Crippen molar-refractivity contribution in [2.45, 2.75) is 53.0 Å². The number of aromatic amines is 1. The maximum absolute atomic E-state index is 12.4. The summed E-state index contributed by atoms with van der Waals surface area (Å²) in [5.74, 6) is -0.372. The van der Waals surface area contributed by atoms with E-state index >= 15 is 0 Å². The molecule has 1 fully saturated rings. The largest absolute Gasteiger partial charge is 0.373 e. The minimum Gasteiger partial charge on any atom is -0.373 e. The van der Waals surface area contributed by atoms with Gasteiger partial charge in [0.25, 0.3) is 11.5 Å². The first-order chi connectivity index (χ1) is 13.3. The topological polar surface area (TPSA) is 92.2 Å². The lowest BCUT2D eigenvalue weighted by Gasteiger charge is -2.35. The van der Waals surface area contributed by atoms with Crippen LogP contribution in [0, 0.1) is 13.8 Å². The molecule has 2 atom stereocenters. The molecule has 0 radical (unpaired) electrons. The fraction of sp³-hybridized carbons (Fsp3) is 0.550. The van der Waals surface area contributed by atoms with Crippen LogP contribution < -0.4 is 10.9 Å². The zero-order valence-electron chi connectivity index (χ0n) is 17.0. The van der Waals surface area contributed by atoms with E-state index in [-0.39, 0.29) is 29.2 Å². The Morgan fingerprint density at radius 1 is 1.29 bits per heavy atom. The number of pyridine rings is 1. The minimum absolute atomic E-state index is 0.126. The van der Waals surface area contributed by atoms with Gasteiger partial charge in [0.1, 0.15) is 5.56 Å². The van der Waals surface area contributed by atoms with E-state index in [9.17, 15) is 9.59 Å². The van der Waals surface area contributed by atoms with E-state index in [1.165, 1.54) is 0 Å². The van der Waals surface area contributed by atoms with Gasteiger partial charge in [0.2, 0.25) is 0 Å². The van der Waals surface area contributed by atoms with Crippen molar-refractivity contribution in [1.82, 2.24) is 25.0 Å². The number of hydrogen-bond acceptors (Lipinski definition) is 5. The normalized spacial score (nSPS) is 20.3. The van der Waals surface area contributed by atoms with Crippen LogP contribution in [0.15, 0.2) is 23.0 Å². The molecular formula is C20H29N5O3. The average molecular weight is 387 g/mol. The third-order valence-corrected chi connectivity index (χ3v) is 4.82. The Balaban J connectivity index is 1.56. The number of H-pyrrole nitrogens is 1. The van der Waals surface area contributed by atoms with Crippen LogP contribution in [-0.4, -0.2) is 57.4 Å². The summed E-state index contributed by atoms with van der Waals surface area (Å²) in [4.78, 5) is 29.8. The molecule has 3 rings (SSSR count). The van der Waals surface area contributed by atoms with Crippen molar-refractivity contribution in [2.75, 3.05) is 19.6 Å². The van der Waals surface area contributed by atoms with Gasteiger partial charge in [-0.3, -0.25) is 19.2 Å². The fourth-order valence-corrected chi connectivity index (χ4v) is 3.71. The number of nitrogens with one attached hydrogen (secondary N) is 2. The van der Waals surface area contributed by atoms with Gasteiger partial charge in [-0.15, -0.1) is 0 Å². The van der Waals surface area contributed by atoms with Crippen LogP contribution >= 0.6 is 0 Å². The number of carbonyl (C=O) groups is 1. The summed E-state index contributed by atoms with van der Waals surface area (Å²) in [5, 5.41) is 7.15. The Morgan fingerprint density at radius 3 is 2.61 bits per heavy atom. The fourth-order valence-electron chi connectivity index (χ4n) is 3.71. The Hall–Kier alpha value is -2.45. The predicted octanol–water partition coefficient (Wildman–Crippen LogP) is 1.23. The van der Waals surface area contributed by atoms with Crippen molar-refractivity contribution in [2.24, 2.45) is 0 Å². The number of rotatable bonds is 6. The number of aromatic nitrogens is 3. The lowest BCUT2D eigenvalue weighted by Crippen LogP contribution is -2.45. The molecule has 8 heteroatoms. The summed E-state index contributed by atoms with van der Waals surface area (Å²) in [5.41, 5.74) is 2.54. The van der Waals surface area contributed by atoms with Gasteiger partial charge in [-0.2, -0.15) is 5.10 Å². The lowest BCUT2D eigenvalue weighted by molar-refractivity contribution is -0.0707. The standard InChI is InChI=1S/C20H29N5O3/c1-13-9-14(2)25(23-13)8-7-21-19(26)18-6-5-17(22-20(18)27)12-24-10-15(3)28-16(4)11-24/h5-6,9,15-16H,7-8,10-12H2,1-4H3,(H,21,26)(H,22,27)/t15-,16+. The summed E-state index contributed by atoms with van der Waals surface area (Å²) >= 11 is 0. The van der Waals surface area contributed by atoms with Crippen molar-refractivity contribution in [3.05, 3.63) is 51.2 Å². The van der Waals surface area contributed by atoms with Gasteiger partial charge in [-0.1, -0.05) is 0 Å². The second kappa shape index (κ2) is 8.70. The van der Waals surface area contributed by atoms with Gasteiger partial charge < -0.3 is 15.0 Å². The first-order valence-electron chi connectivity index (χ1n) is 9.71. The van der Waals surface area contributed by atoms with Crippen molar-refractivity contribution in [3.63, 3.8) is 0 Å². The smallest absolute Gasteiger partial charge is 0.261 e. The number of hydrogen-bond donors (Lipinski definition) is 2. The monoisotopic (exact) mass is 387 g/mol.